The standard InChI is InChI=1S/C20H24N2O3/c1-14-7-12-17(19(23)21-14)20(24)22-13-5-3-4-6-18(22)15-8-10-16(25-2)11-9-15/h7-12,18H,3-6,13H2,1-2H3,(H,21,23)/t18-/m1/s1. The predicted octanol–water partition coefficient (Wildman–Crippen LogP) is 3.45. The minimum absolute atomic E-state index is 0.0124. The molecule has 3 rings (SSSR count). The average molecular weight is 340 g/mol. The van der Waals surface area contributed by atoms with E-state index in [1.807, 2.05) is 36.1 Å². The third-order valence-corrected chi connectivity index (χ3v) is 4.80. The monoisotopic (exact) mass is 340 g/mol. The fourth-order valence-corrected chi connectivity index (χ4v) is 3.42. The molecule has 2 heterocycles. The van der Waals surface area contributed by atoms with Crippen LogP contribution in [0.2, 0.25) is 0 Å². The van der Waals surface area contributed by atoms with Gasteiger partial charge in [-0.15, -0.1) is 0 Å². The molecule has 0 saturated carbocycles. The van der Waals surface area contributed by atoms with Crippen LogP contribution in [-0.4, -0.2) is 29.4 Å². The molecular formula is C20H24N2O3. The fourth-order valence-electron chi connectivity index (χ4n) is 3.42. The van der Waals surface area contributed by atoms with E-state index in [0.717, 1.165) is 42.7 Å². The zero-order valence-electron chi connectivity index (χ0n) is 14.7. The highest BCUT2D eigenvalue weighted by Gasteiger charge is 2.28. The molecule has 5 heteroatoms. The maximum absolute atomic E-state index is 13.1. The van der Waals surface area contributed by atoms with Gasteiger partial charge < -0.3 is 14.6 Å². The lowest BCUT2D eigenvalue weighted by molar-refractivity contribution is 0.0679. The Kier molecular flexibility index (Phi) is 5.22. The zero-order valence-corrected chi connectivity index (χ0v) is 14.7. The highest BCUT2D eigenvalue weighted by atomic mass is 16.5. The van der Waals surface area contributed by atoms with Crippen LogP contribution in [-0.2, 0) is 0 Å². The molecule has 0 radical (unpaired) electrons. The van der Waals surface area contributed by atoms with Crippen molar-refractivity contribution in [2.24, 2.45) is 0 Å². The van der Waals surface area contributed by atoms with Gasteiger partial charge in [0.05, 0.1) is 13.2 Å². The van der Waals surface area contributed by atoms with Crippen molar-refractivity contribution in [1.29, 1.82) is 0 Å². The number of nitrogens with one attached hydrogen (secondary N) is 1. The smallest absolute Gasteiger partial charge is 0.260 e. The molecule has 0 aliphatic carbocycles. The Morgan fingerprint density at radius 1 is 1.12 bits per heavy atom. The van der Waals surface area contributed by atoms with Crippen molar-refractivity contribution >= 4 is 5.91 Å². The van der Waals surface area contributed by atoms with E-state index >= 15 is 0 Å². The molecule has 5 nitrogen and oxygen atoms in total. The minimum atomic E-state index is -0.317. The van der Waals surface area contributed by atoms with Crippen molar-refractivity contribution in [3.63, 3.8) is 0 Å². The first-order valence-corrected chi connectivity index (χ1v) is 8.75. The molecule has 25 heavy (non-hydrogen) atoms. The number of likely N-dealkylation sites (tertiary alicyclic amines) is 1. The van der Waals surface area contributed by atoms with Crippen molar-refractivity contribution in [2.45, 2.75) is 38.6 Å². The van der Waals surface area contributed by atoms with E-state index in [4.69, 9.17) is 4.74 Å². The lowest BCUT2D eigenvalue weighted by Gasteiger charge is -2.30. The van der Waals surface area contributed by atoms with Gasteiger partial charge in [0, 0.05) is 12.2 Å². The van der Waals surface area contributed by atoms with Crippen LogP contribution in [0.3, 0.4) is 0 Å². The van der Waals surface area contributed by atoms with Gasteiger partial charge in [-0.3, -0.25) is 9.59 Å². The van der Waals surface area contributed by atoms with Gasteiger partial charge in [-0.05, 0) is 49.6 Å². The summed E-state index contributed by atoms with van der Waals surface area (Å²) in [6, 6.07) is 11.2. The number of hydrogen-bond acceptors (Lipinski definition) is 3. The first-order valence-electron chi connectivity index (χ1n) is 8.75. The van der Waals surface area contributed by atoms with Gasteiger partial charge >= 0.3 is 0 Å². The van der Waals surface area contributed by atoms with Gasteiger partial charge in [0.15, 0.2) is 0 Å². The molecule has 1 aliphatic rings. The number of carbonyl (C=O) groups is 1. The maximum Gasteiger partial charge on any atom is 0.260 e. The second kappa shape index (κ2) is 7.55. The summed E-state index contributed by atoms with van der Waals surface area (Å²) >= 11 is 0. The summed E-state index contributed by atoms with van der Waals surface area (Å²) < 4.78 is 5.23. The number of H-pyrrole nitrogens is 1. The fraction of sp³-hybridized carbons (Fsp3) is 0.400. The van der Waals surface area contributed by atoms with Crippen molar-refractivity contribution in [1.82, 2.24) is 9.88 Å². The highest BCUT2D eigenvalue weighted by molar-refractivity contribution is 5.94. The van der Waals surface area contributed by atoms with Gasteiger partial charge in [-0.2, -0.15) is 0 Å². The molecular weight excluding hydrogens is 316 g/mol. The number of amides is 1. The van der Waals surface area contributed by atoms with Crippen LogP contribution in [0.5, 0.6) is 5.75 Å². The van der Waals surface area contributed by atoms with Crippen LogP contribution in [0.25, 0.3) is 0 Å². The van der Waals surface area contributed by atoms with E-state index < -0.39 is 0 Å². The molecule has 0 spiro atoms. The van der Waals surface area contributed by atoms with E-state index in [1.165, 1.54) is 0 Å². The number of aromatic nitrogens is 1. The first kappa shape index (κ1) is 17.3. The predicted molar refractivity (Wildman–Crippen MR) is 97.0 cm³/mol. The lowest BCUT2D eigenvalue weighted by atomic mass is 10.00. The summed E-state index contributed by atoms with van der Waals surface area (Å²) in [4.78, 5) is 29.9. The second-order valence-electron chi connectivity index (χ2n) is 6.52. The molecule has 0 bridgehead atoms. The number of pyridine rings is 1. The lowest BCUT2D eigenvalue weighted by Crippen LogP contribution is -2.37. The van der Waals surface area contributed by atoms with Crippen molar-refractivity contribution in [3.05, 3.63) is 63.6 Å². The van der Waals surface area contributed by atoms with Crippen LogP contribution < -0.4 is 10.3 Å². The summed E-state index contributed by atoms with van der Waals surface area (Å²) in [7, 11) is 1.64. The van der Waals surface area contributed by atoms with Crippen LogP contribution >= 0.6 is 0 Å². The topological polar surface area (TPSA) is 62.4 Å². The Bertz CT molecular complexity index is 795. The summed E-state index contributed by atoms with van der Waals surface area (Å²) in [5.41, 5.74) is 1.73. The molecule has 1 aliphatic heterocycles. The molecule has 1 N–H and O–H groups in total. The van der Waals surface area contributed by atoms with E-state index in [2.05, 4.69) is 4.98 Å². The molecule has 132 valence electrons. The van der Waals surface area contributed by atoms with E-state index in [1.54, 1.807) is 19.2 Å². The van der Waals surface area contributed by atoms with Crippen molar-refractivity contribution in [3.8, 4) is 5.75 Å². The van der Waals surface area contributed by atoms with Crippen LogP contribution in [0.15, 0.2) is 41.2 Å². The number of aromatic amines is 1. The third kappa shape index (κ3) is 3.76. The summed E-state index contributed by atoms with van der Waals surface area (Å²) in [5, 5.41) is 0. The number of rotatable bonds is 3. The molecule has 1 amide bonds. The number of benzene rings is 1. The van der Waals surface area contributed by atoms with Crippen molar-refractivity contribution < 1.29 is 9.53 Å². The second-order valence-corrected chi connectivity index (χ2v) is 6.52. The summed E-state index contributed by atoms with van der Waals surface area (Å²) in [5.74, 6) is 0.606. The highest BCUT2D eigenvalue weighted by Crippen LogP contribution is 2.32. The van der Waals surface area contributed by atoms with Gasteiger partial charge in [-0.1, -0.05) is 25.0 Å². The zero-order chi connectivity index (χ0) is 17.8. The Morgan fingerprint density at radius 2 is 1.88 bits per heavy atom. The maximum atomic E-state index is 13.1. The molecule has 2 aromatic rings. The van der Waals surface area contributed by atoms with E-state index in [-0.39, 0.29) is 23.1 Å². The van der Waals surface area contributed by atoms with Crippen LogP contribution in [0.1, 0.15) is 53.3 Å². The molecule has 1 aromatic carbocycles. The quantitative estimate of drug-likeness (QED) is 0.931. The third-order valence-electron chi connectivity index (χ3n) is 4.80. The Morgan fingerprint density at radius 3 is 2.56 bits per heavy atom. The number of ether oxygens (including phenoxy) is 1. The number of carbonyl (C=O) groups excluding carboxylic acids is 1. The molecule has 1 fully saturated rings. The molecule has 1 atom stereocenters. The number of hydrogen-bond donors (Lipinski definition) is 1. The number of nitrogens with zero attached hydrogens (tertiary/aromatic N) is 1. The normalized spacial score (nSPS) is 17.8. The van der Waals surface area contributed by atoms with Gasteiger partial charge in [0.25, 0.3) is 11.5 Å². The Hall–Kier alpha value is -2.56. The first-order chi connectivity index (χ1) is 12.1. The van der Waals surface area contributed by atoms with Gasteiger partial charge in [-0.25, -0.2) is 0 Å². The van der Waals surface area contributed by atoms with Crippen molar-refractivity contribution in [2.75, 3.05) is 13.7 Å². The number of aryl methyl sites for hydroxylation is 1. The average Bonchev–Trinajstić information content (AvgIpc) is 2.87. The van der Waals surface area contributed by atoms with Crippen LogP contribution in [0, 0.1) is 6.92 Å². The van der Waals surface area contributed by atoms with Crippen LogP contribution in [0.4, 0.5) is 0 Å². The largest absolute Gasteiger partial charge is 0.497 e. The van der Waals surface area contributed by atoms with Gasteiger partial charge in [0.1, 0.15) is 11.3 Å². The molecule has 1 saturated heterocycles. The van der Waals surface area contributed by atoms with E-state index in [0.29, 0.717) is 6.54 Å². The SMILES string of the molecule is COc1ccc([C@H]2CCCCCN2C(=O)c2ccc(C)[nH]c2=O)cc1. The Balaban J connectivity index is 1.94. The number of methoxy groups -OCH3 is 1. The van der Waals surface area contributed by atoms with E-state index in [9.17, 15) is 9.59 Å². The molecule has 0 unspecified atom stereocenters. The van der Waals surface area contributed by atoms with Gasteiger partial charge in [0.2, 0.25) is 0 Å². The Labute approximate surface area is 147 Å². The summed E-state index contributed by atoms with van der Waals surface area (Å²) in [6.07, 6.45) is 4.04. The minimum Gasteiger partial charge on any atom is -0.497 e. The summed E-state index contributed by atoms with van der Waals surface area (Å²) in [6.45, 7) is 2.48. The molecule has 1 aromatic heterocycles.